The second kappa shape index (κ2) is 7.21. The van der Waals surface area contributed by atoms with Gasteiger partial charge in [0.2, 0.25) is 0 Å². The molecule has 0 unspecified atom stereocenters. The number of hydrogen-bond acceptors (Lipinski definition) is 4. The van der Waals surface area contributed by atoms with E-state index in [2.05, 4.69) is 15.3 Å². The summed E-state index contributed by atoms with van der Waals surface area (Å²) >= 11 is 6.08. The second-order valence-corrected chi connectivity index (χ2v) is 7.12. The summed E-state index contributed by atoms with van der Waals surface area (Å²) in [4.78, 5) is 22.8. The number of rotatable bonds is 3. The van der Waals surface area contributed by atoms with Crippen LogP contribution < -0.4 is 5.32 Å². The van der Waals surface area contributed by atoms with Crippen molar-refractivity contribution in [3.8, 4) is 0 Å². The number of pyridine rings is 1. The number of fused-ring (bicyclic) bond motifs is 1. The summed E-state index contributed by atoms with van der Waals surface area (Å²) in [5, 5.41) is 4.86. The molecule has 1 aliphatic heterocycles. The Hall–Kier alpha value is -2.57. The molecule has 6 nitrogen and oxygen atoms in total. The Balaban J connectivity index is 1.77. The van der Waals surface area contributed by atoms with E-state index in [0.717, 1.165) is 27.8 Å². The summed E-state index contributed by atoms with van der Waals surface area (Å²) in [7, 11) is 0. The normalized spacial score (nSPS) is 14.6. The van der Waals surface area contributed by atoms with Gasteiger partial charge in [-0.2, -0.15) is 0 Å². The molecule has 4 rings (SSSR count). The Bertz CT molecular complexity index is 1010. The van der Waals surface area contributed by atoms with Gasteiger partial charge in [-0.25, -0.2) is 4.98 Å². The molecule has 27 heavy (non-hydrogen) atoms. The molecule has 140 valence electrons. The number of morpholine rings is 1. The van der Waals surface area contributed by atoms with Crippen LogP contribution in [0.2, 0.25) is 5.02 Å². The van der Waals surface area contributed by atoms with Crippen molar-refractivity contribution in [2.24, 2.45) is 0 Å². The van der Waals surface area contributed by atoms with Crippen molar-refractivity contribution in [3.63, 3.8) is 0 Å². The maximum atomic E-state index is 13.1. The number of halogens is 1. The standard InChI is InChI=1S/C20H21ClN4O2/c1-12-13(2)23-18-17(12)16(20(26)25-6-8-27-9-7-25)11-22-19(18)24-15-5-3-4-14(21)10-15/h3-5,10-11,23H,6-9H2,1-2H3,(H,22,24). The summed E-state index contributed by atoms with van der Waals surface area (Å²) < 4.78 is 5.36. The van der Waals surface area contributed by atoms with E-state index >= 15 is 0 Å². The molecular formula is C20H21ClN4O2. The predicted molar refractivity (Wildman–Crippen MR) is 107 cm³/mol. The van der Waals surface area contributed by atoms with Crippen LogP contribution in [0.4, 0.5) is 11.5 Å². The molecule has 0 spiro atoms. The number of aryl methyl sites for hydroxylation is 2. The first-order valence-corrected chi connectivity index (χ1v) is 9.30. The molecular weight excluding hydrogens is 364 g/mol. The molecule has 1 saturated heterocycles. The summed E-state index contributed by atoms with van der Waals surface area (Å²) in [5.74, 6) is 0.661. The van der Waals surface area contributed by atoms with Crippen molar-refractivity contribution >= 4 is 39.9 Å². The smallest absolute Gasteiger partial charge is 0.256 e. The lowest BCUT2D eigenvalue weighted by atomic mass is 10.1. The number of carbonyl (C=O) groups excluding carboxylic acids is 1. The molecule has 1 aromatic carbocycles. The quantitative estimate of drug-likeness (QED) is 0.714. The molecule has 3 heterocycles. The number of aromatic amines is 1. The van der Waals surface area contributed by atoms with E-state index < -0.39 is 0 Å². The molecule has 2 aromatic heterocycles. The largest absolute Gasteiger partial charge is 0.378 e. The highest BCUT2D eigenvalue weighted by Gasteiger charge is 2.24. The first kappa shape index (κ1) is 17.8. The Morgan fingerprint density at radius 3 is 2.81 bits per heavy atom. The van der Waals surface area contributed by atoms with E-state index in [4.69, 9.17) is 16.3 Å². The van der Waals surface area contributed by atoms with Gasteiger partial charge in [0, 0.05) is 41.1 Å². The average Bonchev–Trinajstić information content (AvgIpc) is 2.98. The summed E-state index contributed by atoms with van der Waals surface area (Å²) in [6.45, 7) is 6.37. The van der Waals surface area contributed by atoms with Crippen molar-refractivity contribution < 1.29 is 9.53 Å². The first-order chi connectivity index (χ1) is 13.0. The molecule has 1 amide bonds. The number of hydrogen-bond donors (Lipinski definition) is 2. The molecule has 1 fully saturated rings. The lowest BCUT2D eigenvalue weighted by Gasteiger charge is -2.27. The maximum absolute atomic E-state index is 13.1. The number of aromatic nitrogens is 2. The van der Waals surface area contributed by atoms with Crippen molar-refractivity contribution in [2.75, 3.05) is 31.6 Å². The fourth-order valence-electron chi connectivity index (χ4n) is 3.39. The van der Waals surface area contributed by atoms with Crippen LogP contribution in [0.5, 0.6) is 0 Å². The van der Waals surface area contributed by atoms with E-state index in [1.807, 2.05) is 43.0 Å². The SMILES string of the molecule is Cc1[nH]c2c(Nc3cccc(Cl)c3)ncc(C(=O)N3CCOCC3)c2c1C. The molecule has 0 saturated carbocycles. The highest BCUT2D eigenvalue weighted by molar-refractivity contribution is 6.30. The van der Waals surface area contributed by atoms with Gasteiger partial charge in [0.15, 0.2) is 5.82 Å². The topological polar surface area (TPSA) is 70.2 Å². The third kappa shape index (κ3) is 3.38. The monoisotopic (exact) mass is 384 g/mol. The van der Waals surface area contributed by atoms with Crippen LogP contribution in [-0.4, -0.2) is 47.1 Å². The molecule has 2 N–H and O–H groups in total. The molecule has 0 radical (unpaired) electrons. The number of nitrogens with zero attached hydrogens (tertiary/aromatic N) is 2. The van der Waals surface area contributed by atoms with Gasteiger partial charge in [0.05, 0.1) is 24.3 Å². The molecule has 7 heteroatoms. The van der Waals surface area contributed by atoms with Gasteiger partial charge in [0.25, 0.3) is 5.91 Å². The molecule has 0 aliphatic carbocycles. The van der Waals surface area contributed by atoms with Gasteiger partial charge in [0.1, 0.15) is 0 Å². The van der Waals surface area contributed by atoms with Crippen LogP contribution in [0.25, 0.3) is 10.9 Å². The van der Waals surface area contributed by atoms with Crippen molar-refractivity contribution in [1.29, 1.82) is 0 Å². The minimum absolute atomic E-state index is 0.00722. The third-order valence-corrected chi connectivity index (χ3v) is 5.18. The van der Waals surface area contributed by atoms with Crippen LogP contribution in [0.3, 0.4) is 0 Å². The lowest BCUT2D eigenvalue weighted by molar-refractivity contribution is 0.0304. The van der Waals surface area contributed by atoms with Crippen LogP contribution in [0.1, 0.15) is 21.6 Å². The number of H-pyrrole nitrogens is 1. The fraction of sp³-hybridized carbons (Fsp3) is 0.300. The highest BCUT2D eigenvalue weighted by atomic mass is 35.5. The zero-order chi connectivity index (χ0) is 19.0. The molecule has 1 aliphatic rings. The molecule has 3 aromatic rings. The molecule has 0 bridgehead atoms. The van der Waals surface area contributed by atoms with E-state index in [1.165, 1.54) is 0 Å². The van der Waals surface area contributed by atoms with E-state index in [-0.39, 0.29) is 5.91 Å². The van der Waals surface area contributed by atoms with Crippen molar-refractivity contribution in [3.05, 3.63) is 52.3 Å². The van der Waals surface area contributed by atoms with Gasteiger partial charge in [-0.3, -0.25) is 4.79 Å². The second-order valence-electron chi connectivity index (χ2n) is 6.69. The Kier molecular flexibility index (Phi) is 4.76. The zero-order valence-corrected chi connectivity index (χ0v) is 16.1. The minimum atomic E-state index is -0.00722. The number of amides is 1. The zero-order valence-electron chi connectivity index (χ0n) is 15.3. The Morgan fingerprint density at radius 2 is 2.07 bits per heavy atom. The number of benzene rings is 1. The van der Waals surface area contributed by atoms with Gasteiger partial charge in [-0.15, -0.1) is 0 Å². The Morgan fingerprint density at radius 1 is 1.30 bits per heavy atom. The number of ether oxygens (including phenoxy) is 1. The van der Waals surface area contributed by atoms with E-state index in [0.29, 0.717) is 42.7 Å². The first-order valence-electron chi connectivity index (χ1n) is 8.92. The summed E-state index contributed by atoms with van der Waals surface area (Å²) in [6, 6.07) is 7.46. The van der Waals surface area contributed by atoms with Gasteiger partial charge in [-0.05, 0) is 37.6 Å². The summed E-state index contributed by atoms with van der Waals surface area (Å²) in [6.07, 6.45) is 1.66. The van der Waals surface area contributed by atoms with Gasteiger partial charge >= 0.3 is 0 Å². The summed E-state index contributed by atoms with van der Waals surface area (Å²) in [5.41, 5.74) is 4.35. The van der Waals surface area contributed by atoms with E-state index in [9.17, 15) is 4.79 Å². The van der Waals surface area contributed by atoms with E-state index in [1.54, 1.807) is 6.20 Å². The van der Waals surface area contributed by atoms with Crippen molar-refractivity contribution in [2.45, 2.75) is 13.8 Å². The predicted octanol–water partition coefficient (Wildman–Crippen LogP) is 4.05. The number of anilines is 2. The van der Waals surface area contributed by atoms with Crippen LogP contribution in [0.15, 0.2) is 30.5 Å². The van der Waals surface area contributed by atoms with Crippen LogP contribution >= 0.6 is 11.6 Å². The third-order valence-electron chi connectivity index (χ3n) is 4.94. The van der Waals surface area contributed by atoms with Crippen LogP contribution in [0, 0.1) is 13.8 Å². The average molecular weight is 385 g/mol. The highest BCUT2D eigenvalue weighted by Crippen LogP contribution is 2.32. The van der Waals surface area contributed by atoms with Crippen LogP contribution in [-0.2, 0) is 4.74 Å². The van der Waals surface area contributed by atoms with Crippen molar-refractivity contribution in [1.82, 2.24) is 14.9 Å². The minimum Gasteiger partial charge on any atom is -0.378 e. The molecule has 0 atom stereocenters. The van der Waals surface area contributed by atoms with Gasteiger partial charge in [-0.1, -0.05) is 17.7 Å². The maximum Gasteiger partial charge on any atom is 0.256 e. The van der Waals surface area contributed by atoms with Gasteiger partial charge < -0.3 is 19.9 Å². The number of carbonyl (C=O) groups is 1. The fourth-order valence-corrected chi connectivity index (χ4v) is 3.58. The number of nitrogens with one attached hydrogen (secondary N) is 2. The lowest BCUT2D eigenvalue weighted by Crippen LogP contribution is -2.40. The Labute approximate surface area is 162 Å².